The maximum atomic E-state index is 9.12. The molecule has 2 nitrogen and oxygen atoms in total. The fraction of sp³-hybridized carbons (Fsp3) is 0.0556. The molecule has 0 atom stereocenters. The molecule has 0 spiro atoms. The molecule has 6 rings (SSSR count). The summed E-state index contributed by atoms with van der Waals surface area (Å²) in [5.74, 6) is 0.642. The molecule has 3 heteroatoms. The molecule has 0 bridgehead atoms. The summed E-state index contributed by atoms with van der Waals surface area (Å²) in [6, 6.07) is 55.3. The van der Waals surface area contributed by atoms with E-state index in [1.54, 1.807) is 24.3 Å². The van der Waals surface area contributed by atoms with E-state index < -0.39 is 0 Å². The Balaban J connectivity index is 0.000000199. The van der Waals surface area contributed by atoms with Crippen molar-refractivity contribution in [3.63, 3.8) is 0 Å². The van der Waals surface area contributed by atoms with Crippen molar-refractivity contribution in [3.05, 3.63) is 192 Å². The van der Waals surface area contributed by atoms with E-state index in [9.17, 15) is 0 Å². The molecule has 39 heavy (non-hydrogen) atoms. The van der Waals surface area contributed by atoms with Crippen molar-refractivity contribution in [3.8, 4) is 11.5 Å². The van der Waals surface area contributed by atoms with E-state index in [1.807, 2.05) is 121 Å². The minimum atomic E-state index is 0. The monoisotopic (exact) mass is 588 g/mol. The van der Waals surface area contributed by atoms with E-state index in [0.29, 0.717) is 11.5 Å². The summed E-state index contributed by atoms with van der Waals surface area (Å²) in [5.41, 5.74) is 5.01. The van der Waals surface area contributed by atoms with Gasteiger partial charge in [-0.05, 0) is 59.4 Å². The van der Waals surface area contributed by atoms with E-state index in [-0.39, 0.29) is 26.2 Å². The first kappa shape index (κ1) is 31.3. The fourth-order valence-electron chi connectivity index (χ4n) is 3.53. The van der Waals surface area contributed by atoms with Gasteiger partial charge in [0.25, 0.3) is 0 Å². The van der Waals surface area contributed by atoms with Gasteiger partial charge in [0.1, 0.15) is 11.5 Å². The van der Waals surface area contributed by atoms with Crippen LogP contribution >= 0.6 is 0 Å². The number of phenolic OH excluding ortho intramolecular Hbond substituents is 2. The Morgan fingerprint density at radius 3 is 0.897 bits per heavy atom. The molecule has 0 aliphatic rings. The third kappa shape index (κ3) is 14.0. The summed E-state index contributed by atoms with van der Waals surface area (Å²) in [7, 11) is 0. The summed E-state index contributed by atoms with van der Waals surface area (Å²) in [6.07, 6.45) is 1.84. The van der Waals surface area contributed by atoms with Gasteiger partial charge in [-0.25, -0.2) is 24.3 Å². The maximum Gasteiger partial charge on any atom is 2.00 e. The van der Waals surface area contributed by atoms with Gasteiger partial charge in [0.05, 0.1) is 0 Å². The molecule has 0 heterocycles. The van der Waals surface area contributed by atoms with Gasteiger partial charge in [-0.3, -0.25) is 0 Å². The van der Waals surface area contributed by atoms with Gasteiger partial charge in [0.15, 0.2) is 0 Å². The van der Waals surface area contributed by atoms with Crippen LogP contribution in [0.1, 0.15) is 22.3 Å². The molecule has 2 N–H and O–H groups in total. The molecule has 0 radical (unpaired) electrons. The Hall–Kier alpha value is -3.94. The summed E-state index contributed by atoms with van der Waals surface area (Å²) < 4.78 is 0. The van der Waals surface area contributed by atoms with Crippen LogP contribution in [0, 0.1) is 0 Å². The van der Waals surface area contributed by atoms with E-state index in [0.717, 1.165) is 12.8 Å². The summed E-state index contributed by atoms with van der Waals surface area (Å²) in [5, 5.41) is 18.2. The van der Waals surface area contributed by atoms with Crippen LogP contribution in [-0.4, -0.2) is 10.2 Å². The van der Waals surface area contributed by atoms with Crippen molar-refractivity contribution in [2.24, 2.45) is 0 Å². The van der Waals surface area contributed by atoms with Crippen molar-refractivity contribution in [2.75, 3.05) is 0 Å². The van der Waals surface area contributed by atoms with E-state index >= 15 is 0 Å². The summed E-state index contributed by atoms with van der Waals surface area (Å²) in [4.78, 5) is 0. The minimum absolute atomic E-state index is 0. The van der Waals surface area contributed by atoms with E-state index in [4.69, 9.17) is 10.2 Å². The van der Waals surface area contributed by atoms with Crippen molar-refractivity contribution in [1.82, 2.24) is 0 Å². The predicted molar refractivity (Wildman–Crippen MR) is 159 cm³/mol. The second kappa shape index (κ2) is 19.2. The third-order valence-electron chi connectivity index (χ3n) is 5.49. The Bertz CT molecular complexity index is 1180. The molecule has 0 saturated carbocycles. The molecular formula is C36H34O2Zr. The van der Waals surface area contributed by atoms with Crippen LogP contribution in [0.5, 0.6) is 11.5 Å². The summed E-state index contributed by atoms with van der Waals surface area (Å²) >= 11 is 0. The largest absolute Gasteiger partial charge is 2.00 e. The third-order valence-corrected chi connectivity index (χ3v) is 5.49. The zero-order valence-corrected chi connectivity index (χ0v) is 24.4. The number of phenols is 2. The molecule has 0 aliphatic carbocycles. The molecule has 0 fully saturated rings. The van der Waals surface area contributed by atoms with Crippen LogP contribution in [0.3, 0.4) is 0 Å². The standard InChI is InChI=1S/2C13H12O.2C5H5.Zr/c2*14-13-8-6-12(7-9-13)10-11-4-2-1-3-5-11;2*1-2-4-5-3-1;/h2*1-9,14H,10H2;2*1-5H;/q;;2*-1;+2. The Labute approximate surface area is 251 Å². The van der Waals surface area contributed by atoms with Gasteiger partial charge in [-0.1, -0.05) is 84.9 Å². The van der Waals surface area contributed by atoms with E-state index in [2.05, 4.69) is 24.3 Å². The van der Waals surface area contributed by atoms with Crippen LogP contribution in [0.2, 0.25) is 0 Å². The van der Waals surface area contributed by atoms with Gasteiger partial charge in [-0.2, -0.15) is 36.4 Å². The number of benzene rings is 4. The van der Waals surface area contributed by atoms with Crippen molar-refractivity contribution >= 4 is 0 Å². The Kier molecular flexibility index (Phi) is 15.4. The SMILES string of the molecule is Oc1ccc(Cc2ccccc2)cc1.Oc1ccc(Cc2ccccc2)cc1.[Zr+2].c1cc[cH-]c1.c1cc[cH-]c1. The second-order valence-electron chi connectivity index (χ2n) is 8.58. The average Bonchev–Trinajstić information content (AvgIpc) is 3.73. The molecule has 0 unspecified atom stereocenters. The van der Waals surface area contributed by atoms with Gasteiger partial charge < -0.3 is 10.2 Å². The van der Waals surface area contributed by atoms with Crippen LogP contribution in [0.4, 0.5) is 0 Å². The van der Waals surface area contributed by atoms with Crippen LogP contribution in [0.15, 0.2) is 170 Å². The van der Waals surface area contributed by atoms with Crippen LogP contribution < -0.4 is 0 Å². The molecule has 0 amide bonds. The van der Waals surface area contributed by atoms with Gasteiger partial charge >= 0.3 is 26.2 Å². The first-order valence-electron chi connectivity index (χ1n) is 12.7. The number of hydrogen-bond donors (Lipinski definition) is 2. The molecular weight excluding hydrogens is 556 g/mol. The molecule has 0 aliphatic heterocycles. The average molecular weight is 590 g/mol. The Morgan fingerprint density at radius 1 is 0.359 bits per heavy atom. The molecule has 0 saturated heterocycles. The van der Waals surface area contributed by atoms with E-state index in [1.165, 1.54) is 22.3 Å². The zero-order chi connectivity index (χ0) is 26.7. The van der Waals surface area contributed by atoms with Crippen molar-refractivity contribution in [2.45, 2.75) is 12.8 Å². The number of hydrogen-bond acceptors (Lipinski definition) is 2. The molecule has 6 aromatic carbocycles. The van der Waals surface area contributed by atoms with Crippen molar-refractivity contribution in [1.29, 1.82) is 0 Å². The minimum Gasteiger partial charge on any atom is -0.508 e. The van der Waals surface area contributed by atoms with Crippen molar-refractivity contribution < 1.29 is 36.4 Å². The van der Waals surface area contributed by atoms with Crippen LogP contribution in [-0.2, 0) is 39.0 Å². The number of rotatable bonds is 4. The maximum absolute atomic E-state index is 9.12. The smallest absolute Gasteiger partial charge is 0.508 e. The van der Waals surface area contributed by atoms with Gasteiger partial charge in [0.2, 0.25) is 0 Å². The van der Waals surface area contributed by atoms with Gasteiger partial charge in [0, 0.05) is 0 Å². The molecule has 0 aromatic heterocycles. The first-order chi connectivity index (χ1) is 18.7. The van der Waals surface area contributed by atoms with Crippen LogP contribution in [0.25, 0.3) is 0 Å². The quantitative estimate of drug-likeness (QED) is 0.202. The molecule has 194 valence electrons. The normalized spacial score (nSPS) is 9.23. The topological polar surface area (TPSA) is 40.5 Å². The number of aromatic hydroxyl groups is 2. The Morgan fingerprint density at radius 2 is 0.641 bits per heavy atom. The first-order valence-corrected chi connectivity index (χ1v) is 12.7. The predicted octanol–water partition coefficient (Wildman–Crippen LogP) is 8.77. The zero-order valence-electron chi connectivity index (χ0n) is 22.0. The fourth-order valence-corrected chi connectivity index (χ4v) is 3.53. The van der Waals surface area contributed by atoms with Gasteiger partial charge in [-0.15, -0.1) is 0 Å². The second-order valence-corrected chi connectivity index (χ2v) is 8.58. The molecule has 6 aromatic rings. The summed E-state index contributed by atoms with van der Waals surface area (Å²) in [6.45, 7) is 0.